The van der Waals surface area contributed by atoms with Crippen LogP contribution in [0.15, 0.2) is 30.3 Å². The number of carbonyl (C=O) groups excluding carboxylic acids is 1. The summed E-state index contributed by atoms with van der Waals surface area (Å²) in [6.07, 6.45) is 2.61. The number of carbonyl (C=O) groups is 1. The molecule has 0 unspecified atom stereocenters. The summed E-state index contributed by atoms with van der Waals surface area (Å²) in [5.41, 5.74) is 6.37. The molecule has 0 bridgehead atoms. The molecule has 134 valence electrons. The number of halogens is 2. The van der Waals surface area contributed by atoms with E-state index in [1.807, 2.05) is 31.2 Å². The smallest absolute Gasteiger partial charge is 0.253 e. The SMILES string of the molecule is Cc1ccc(Cl)c(C(=O)N[C@@H]2CCc3[nH]c4c(C)cc(Cl)cc4c3C2)c1. The number of benzene rings is 2. The van der Waals surface area contributed by atoms with Crippen molar-refractivity contribution in [3.63, 3.8) is 0 Å². The van der Waals surface area contributed by atoms with E-state index in [2.05, 4.69) is 17.2 Å². The Bertz CT molecular complexity index is 1020. The number of H-pyrrole nitrogens is 1. The number of amides is 1. The number of rotatable bonds is 2. The van der Waals surface area contributed by atoms with Crippen LogP contribution in [0.2, 0.25) is 10.0 Å². The molecule has 2 N–H and O–H groups in total. The molecule has 2 aromatic carbocycles. The third-order valence-electron chi connectivity index (χ3n) is 5.16. The lowest BCUT2D eigenvalue weighted by atomic mass is 9.91. The van der Waals surface area contributed by atoms with Crippen molar-refractivity contribution in [1.29, 1.82) is 0 Å². The summed E-state index contributed by atoms with van der Waals surface area (Å²) in [5.74, 6) is -0.110. The zero-order valence-corrected chi connectivity index (χ0v) is 16.3. The Hall–Kier alpha value is -1.97. The molecule has 1 heterocycles. The van der Waals surface area contributed by atoms with Gasteiger partial charge in [-0.05, 0) is 68.5 Å². The number of aromatic amines is 1. The molecule has 1 aliphatic rings. The normalized spacial score (nSPS) is 16.5. The highest BCUT2D eigenvalue weighted by atomic mass is 35.5. The predicted molar refractivity (Wildman–Crippen MR) is 108 cm³/mol. The van der Waals surface area contributed by atoms with Crippen molar-refractivity contribution in [3.8, 4) is 0 Å². The van der Waals surface area contributed by atoms with Crippen LogP contribution < -0.4 is 5.32 Å². The van der Waals surface area contributed by atoms with E-state index in [4.69, 9.17) is 23.2 Å². The van der Waals surface area contributed by atoms with Crippen LogP contribution in [0.4, 0.5) is 0 Å². The van der Waals surface area contributed by atoms with E-state index in [0.29, 0.717) is 10.6 Å². The molecule has 3 nitrogen and oxygen atoms in total. The fraction of sp³-hybridized carbons (Fsp3) is 0.286. The van der Waals surface area contributed by atoms with Gasteiger partial charge in [-0.25, -0.2) is 0 Å². The van der Waals surface area contributed by atoms with E-state index in [-0.39, 0.29) is 11.9 Å². The molecule has 5 heteroatoms. The summed E-state index contributed by atoms with van der Waals surface area (Å²) in [4.78, 5) is 16.2. The Morgan fingerprint density at radius 2 is 2.00 bits per heavy atom. The Morgan fingerprint density at radius 3 is 2.81 bits per heavy atom. The molecule has 4 rings (SSSR count). The quantitative estimate of drug-likeness (QED) is 0.609. The summed E-state index contributed by atoms with van der Waals surface area (Å²) in [6.45, 7) is 4.02. The average Bonchev–Trinajstić information content (AvgIpc) is 2.95. The van der Waals surface area contributed by atoms with Crippen molar-refractivity contribution in [2.24, 2.45) is 0 Å². The lowest BCUT2D eigenvalue weighted by molar-refractivity contribution is 0.0933. The maximum absolute atomic E-state index is 12.7. The molecule has 0 fully saturated rings. The van der Waals surface area contributed by atoms with Gasteiger partial charge in [0.05, 0.1) is 10.6 Å². The maximum atomic E-state index is 12.7. The number of fused-ring (bicyclic) bond motifs is 3. The molecule has 1 atom stereocenters. The fourth-order valence-corrected chi connectivity index (χ4v) is 4.33. The summed E-state index contributed by atoms with van der Waals surface area (Å²) >= 11 is 12.5. The van der Waals surface area contributed by atoms with Gasteiger partial charge in [0.1, 0.15) is 0 Å². The van der Waals surface area contributed by atoms with Crippen molar-refractivity contribution in [2.75, 3.05) is 0 Å². The van der Waals surface area contributed by atoms with Crippen LogP contribution in [0.1, 0.15) is 39.2 Å². The molecule has 0 aliphatic heterocycles. The van der Waals surface area contributed by atoms with Gasteiger partial charge in [-0.15, -0.1) is 0 Å². The Kier molecular flexibility index (Phi) is 4.45. The summed E-state index contributed by atoms with van der Waals surface area (Å²) in [5, 5.41) is 5.55. The van der Waals surface area contributed by atoms with Gasteiger partial charge in [0.25, 0.3) is 5.91 Å². The molecule has 1 amide bonds. The van der Waals surface area contributed by atoms with Crippen molar-refractivity contribution in [2.45, 2.75) is 39.2 Å². The molecule has 3 aromatic rings. The van der Waals surface area contributed by atoms with Crippen molar-refractivity contribution in [1.82, 2.24) is 10.3 Å². The highest BCUT2D eigenvalue weighted by molar-refractivity contribution is 6.33. The molecule has 0 saturated carbocycles. The van der Waals surface area contributed by atoms with E-state index in [1.54, 1.807) is 6.07 Å². The van der Waals surface area contributed by atoms with Crippen molar-refractivity contribution < 1.29 is 4.79 Å². The van der Waals surface area contributed by atoms with Gasteiger partial charge in [0.2, 0.25) is 0 Å². The molecular formula is C21H20Cl2N2O. The molecule has 0 radical (unpaired) electrons. The molecule has 0 spiro atoms. The molecule has 1 aromatic heterocycles. The third-order valence-corrected chi connectivity index (χ3v) is 5.71. The predicted octanol–water partition coefficient (Wildman–Crippen LogP) is 5.38. The minimum Gasteiger partial charge on any atom is -0.358 e. The lowest BCUT2D eigenvalue weighted by Gasteiger charge is -2.24. The fourth-order valence-electron chi connectivity index (χ4n) is 3.85. The van der Waals surface area contributed by atoms with Gasteiger partial charge in [0, 0.05) is 27.7 Å². The second-order valence-electron chi connectivity index (χ2n) is 7.12. The monoisotopic (exact) mass is 386 g/mol. The minimum atomic E-state index is -0.110. The van der Waals surface area contributed by atoms with Gasteiger partial charge in [0.15, 0.2) is 0 Å². The number of aryl methyl sites for hydroxylation is 3. The molecule has 0 saturated heterocycles. The number of hydrogen-bond acceptors (Lipinski definition) is 1. The van der Waals surface area contributed by atoms with E-state index in [1.165, 1.54) is 11.3 Å². The Morgan fingerprint density at radius 1 is 1.19 bits per heavy atom. The zero-order valence-electron chi connectivity index (χ0n) is 14.7. The average molecular weight is 387 g/mol. The first kappa shape index (κ1) is 17.4. The second kappa shape index (κ2) is 6.64. The highest BCUT2D eigenvalue weighted by Crippen LogP contribution is 2.33. The number of aromatic nitrogens is 1. The van der Waals surface area contributed by atoms with Crippen LogP contribution in [0.3, 0.4) is 0 Å². The van der Waals surface area contributed by atoms with Gasteiger partial charge in [-0.2, -0.15) is 0 Å². The van der Waals surface area contributed by atoms with Gasteiger partial charge in [-0.1, -0.05) is 34.8 Å². The molecular weight excluding hydrogens is 367 g/mol. The number of nitrogens with one attached hydrogen (secondary N) is 2. The van der Waals surface area contributed by atoms with Crippen molar-refractivity contribution in [3.05, 3.63) is 68.3 Å². The van der Waals surface area contributed by atoms with E-state index >= 15 is 0 Å². The molecule has 1 aliphatic carbocycles. The van der Waals surface area contributed by atoms with Gasteiger partial charge in [-0.3, -0.25) is 4.79 Å². The first-order valence-electron chi connectivity index (χ1n) is 8.79. The summed E-state index contributed by atoms with van der Waals surface area (Å²) in [7, 11) is 0. The Balaban J connectivity index is 1.60. The highest BCUT2D eigenvalue weighted by Gasteiger charge is 2.25. The zero-order chi connectivity index (χ0) is 18.4. The largest absolute Gasteiger partial charge is 0.358 e. The standard InChI is InChI=1S/C21H20Cl2N2O/c1-11-3-5-18(23)17(7-11)21(26)24-14-4-6-19-15(10-14)16-9-13(22)8-12(2)20(16)25-19/h3,5,7-9,14,25H,4,6,10H2,1-2H3,(H,24,26)/t14-/m1/s1. The van der Waals surface area contributed by atoms with Crippen LogP contribution in [-0.4, -0.2) is 16.9 Å². The summed E-state index contributed by atoms with van der Waals surface area (Å²) in [6, 6.07) is 9.59. The minimum absolute atomic E-state index is 0.0878. The van der Waals surface area contributed by atoms with Gasteiger partial charge >= 0.3 is 0 Å². The Labute approximate surface area is 162 Å². The topological polar surface area (TPSA) is 44.9 Å². The van der Waals surface area contributed by atoms with E-state index in [0.717, 1.165) is 46.3 Å². The first-order valence-corrected chi connectivity index (χ1v) is 9.54. The van der Waals surface area contributed by atoms with Crippen LogP contribution in [-0.2, 0) is 12.8 Å². The van der Waals surface area contributed by atoms with E-state index in [9.17, 15) is 4.79 Å². The molecule has 26 heavy (non-hydrogen) atoms. The maximum Gasteiger partial charge on any atom is 0.253 e. The van der Waals surface area contributed by atoms with Crippen molar-refractivity contribution >= 4 is 40.0 Å². The van der Waals surface area contributed by atoms with Crippen LogP contribution in [0.25, 0.3) is 10.9 Å². The van der Waals surface area contributed by atoms with Crippen LogP contribution >= 0.6 is 23.2 Å². The number of hydrogen-bond donors (Lipinski definition) is 2. The second-order valence-corrected chi connectivity index (χ2v) is 7.97. The lowest BCUT2D eigenvalue weighted by Crippen LogP contribution is -2.38. The van der Waals surface area contributed by atoms with Crippen LogP contribution in [0, 0.1) is 13.8 Å². The first-order chi connectivity index (χ1) is 12.4. The van der Waals surface area contributed by atoms with Crippen LogP contribution in [0.5, 0.6) is 0 Å². The van der Waals surface area contributed by atoms with Gasteiger partial charge < -0.3 is 10.3 Å². The summed E-state index contributed by atoms with van der Waals surface area (Å²) < 4.78 is 0. The third kappa shape index (κ3) is 3.10. The van der Waals surface area contributed by atoms with E-state index < -0.39 is 0 Å².